The summed E-state index contributed by atoms with van der Waals surface area (Å²) in [6.45, 7) is 1.45. The molecule has 0 aliphatic carbocycles. The van der Waals surface area contributed by atoms with Gasteiger partial charge in [0.25, 0.3) is 0 Å². The molecule has 0 fully saturated rings. The number of benzene rings is 2. The number of rotatable bonds is 2. The van der Waals surface area contributed by atoms with Crippen molar-refractivity contribution in [1.29, 1.82) is 0 Å². The fourth-order valence-corrected chi connectivity index (χ4v) is 2.17. The highest BCUT2D eigenvalue weighted by molar-refractivity contribution is 9.10. The molecule has 0 saturated heterocycles. The molecule has 2 aromatic rings. The van der Waals surface area contributed by atoms with E-state index in [0.29, 0.717) is 6.07 Å². The van der Waals surface area contributed by atoms with E-state index in [1.807, 2.05) is 0 Å². The molecule has 0 saturated carbocycles. The third-order valence-corrected chi connectivity index (χ3v) is 3.46. The lowest BCUT2D eigenvalue weighted by Gasteiger charge is -2.15. The van der Waals surface area contributed by atoms with Crippen LogP contribution in [0.15, 0.2) is 34.8 Å². The first-order valence-corrected chi connectivity index (χ1v) is 6.28. The second-order valence-corrected chi connectivity index (χ2v) is 5.02. The molecule has 100 valence electrons. The number of aliphatic hydroxyl groups excluding tert-OH is 1. The molecule has 2 aromatic carbocycles. The van der Waals surface area contributed by atoms with Crippen molar-refractivity contribution in [1.82, 2.24) is 0 Å². The van der Waals surface area contributed by atoms with Crippen LogP contribution in [0.25, 0.3) is 0 Å². The van der Waals surface area contributed by atoms with Crippen LogP contribution < -0.4 is 0 Å². The molecule has 1 unspecified atom stereocenters. The molecule has 0 radical (unpaired) electrons. The molecule has 0 amide bonds. The lowest BCUT2D eigenvalue weighted by Crippen LogP contribution is -2.06. The zero-order valence-electron chi connectivity index (χ0n) is 9.92. The lowest BCUT2D eigenvalue weighted by molar-refractivity contribution is 0.209. The Kier molecular flexibility index (Phi) is 3.96. The molecule has 0 heterocycles. The molecule has 0 bridgehead atoms. The van der Waals surface area contributed by atoms with Crippen LogP contribution in [0.3, 0.4) is 0 Å². The third-order valence-electron chi connectivity index (χ3n) is 2.85. The zero-order chi connectivity index (χ0) is 14.2. The van der Waals surface area contributed by atoms with Crippen LogP contribution >= 0.6 is 15.9 Å². The Morgan fingerprint density at radius 3 is 2.42 bits per heavy atom. The fraction of sp³-hybridized carbons (Fsp3) is 0.143. The Balaban J connectivity index is 2.53. The largest absolute Gasteiger partial charge is 0.383 e. The van der Waals surface area contributed by atoms with E-state index in [4.69, 9.17) is 0 Å². The zero-order valence-corrected chi connectivity index (χ0v) is 11.5. The molecule has 1 nitrogen and oxygen atoms in total. The van der Waals surface area contributed by atoms with Gasteiger partial charge in [0.15, 0.2) is 0 Å². The maximum Gasteiger partial charge on any atom is 0.143 e. The summed E-state index contributed by atoms with van der Waals surface area (Å²) < 4.78 is 40.8. The molecular formula is C14H10BrF3O. The van der Waals surface area contributed by atoms with E-state index in [1.54, 1.807) is 0 Å². The molecule has 1 atom stereocenters. The van der Waals surface area contributed by atoms with Gasteiger partial charge in [-0.05, 0) is 40.5 Å². The van der Waals surface area contributed by atoms with E-state index in [9.17, 15) is 18.3 Å². The smallest absolute Gasteiger partial charge is 0.143 e. The summed E-state index contributed by atoms with van der Waals surface area (Å²) in [6.07, 6.45) is -1.49. The summed E-state index contributed by atoms with van der Waals surface area (Å²) in [5, 5.41) is 10.1. The van der Waals surface area contributed by atoms with Crippen LogP contribution in [0.5, 0.6) is 0 Å². The summed E-state index contributed by atoms with van der Waals surface area (Å²) >= 11 is 2.99. The molecule has 19 heavy (non-hydrogen) atoms. The summed E-state index contributed by atoms with van der Waals surface area (Å²) in [4.78, 5) is 0. The van der Waals surface area contributed by atoms with E-state index < -0.39 is 23.6 Å². The van der Waals surface area contributed by atoms with Crippen LogP contribution in [0, 0.1) is 24.4 Å². The predicted molar refractivity (Wildman–Crippen MR) is 69.3 cm³/mol. The fourth-order valence-electron chi connectivity index (χ4n) is 1.79. The first kappa shape index (κ1) is 14.1. The van der Waals surface area contributed by atoms with Gasteiger partial charge in [0, 0.05) is 17.2 Å². The standard InChI is InChI=1S/C14H10BrF3O/c1-7-5-9(12(17)6-11(7)16)14(19)8-3-2-4-10(15)13(8)18/h2-6,14,19H,1H3. The van der Waals surface area contributed by atoms with Gasteiger partial charge in [0.1, 0.15) is 23.6 Å². The average molecular weight is 331 g/mol. The van der Waals surface area contributed by atoms with Gasteiger partial charge in [0.05, 0.1) is 4.47 Å². The Morgan fingerprint density at radius 2 is 1.74 bits per heavy atom. The van der Waals surface area contributed by atoms with Gasteiger partial charge in [-0.25, -0.2) is 13.2 Å². The highest BCUT2D eigenvalue weighted by Crippen LogP contribution is 2.30. The van der Waals surface area contributed by atoms with Gasteiger partial charge in [-0.1, -0.05) is 12.1 Å². The monoisotopic (exact) mass is 330 g/mol. The van der Waals surface area contributed by atoms with Crippen LogP contribution in [0.2, 0.25) is 0 Å². The number of aryl methyl sites for hydroxylation is 1. The Morgan fingerprint density at radius 1 is 1.05 bits per heavy atom. The Hall–Kier alpha value is -1.33. The molecule has 0 aliphatic rings. The van der Waals surface area contributed by atoms with Crippen LogP contribution in [-0.2, 0) is 0 Å². The van der Waals surface area contributed by atoms with E-state index in [-0.39, 0.29) is 21.2 Å². The van der Waals surface area contributed by atoms with Gasteiger partial charge in [-0.2, -0.15) is 0 Å². The van der Waals surface area contributed by atoms with Crippen molar-refractivity contribution in [3.05, 3.63) is 68.9 Å². The minimum atomic E-state index is -1.49. The molecule has 5 heteroatoms. The van der Waals surface area contributed by atoms with Gasteiger partial charge in [-0.15, -0.1) is 0 Å². The maximum atomic E-state index is 13.8. The number of hydrogen-bond acceptors (Lipinski definition) is 1. The van der Waals surface area contributed by atoms with Gasteiger partial charge >= 0.3 is 0 Å². The van der Waals surface area contributed by atoms with Crippen molar-refractivity contribution in [2.45, 2.75) is 13.0 Å². The van der Waals surface area contributed by atoms with E-state index in [0.717, 1.165) is 0 Å². The van der Waals surface area contributed by atoms with Crippen LogP contribution in [0.4, 0.5) is 13.2 Å². The highest BCUT2D eigenvalue weighted by Gasteiger charge is 2.21. The van der Waals surface area contributed by atoms with E-state index in [2.05, 4.69) is 15.9 Å². The highest BCUT2D eigenvalue weighted by atomic mass is 79.9. The van der Waals surface area contributed by atoms with Crippen molar-refractivity contribution in [3.63, 3.8) is 0 Å². The molecular weight excluding hydrogens is 321 g/mol. The first-order valence-electron chi connectivity index (χ1n) is 5.49. The van der Waals surface area contributed by atoms with Crippen molar-refractivity contribution >= 4 is 15.9 Å². The Labute approximate surface area is 116 Å². The maximum absolute atomic E-state index is 13.8. The number of hydrogen-bond donors (Lipinski definition) is 1. The van der Waals surface area contributed by atoms with Crippen molar-refractivity contribution in [2.24, 2.45) is 0 Å². The molecule has 1 N–H and O–H groups in total. The minimum absolute atomic E-state index is 0.0701. The number of aliphatic hydroxyl groups is 1. The van der Waals surface area contributed by atoms with Gasteiger partial charge in [0.2, 0.25) is 0 Å². The van der Waals surface area contributed by atoms with Crippen LogP contribution in [-0.4, -0.2) is 5.11 Å². The molecule has 0 spiro atoms. The van der Waals surface area contributed by atoms with E-state index in [1.165, 1.54) is 31.2 Å². The quantitative estimate of drug-likeness (QED) is 0.872. The SMILES string of the molecule is Cc1cc(C(O)c2cccc(Br)c2F)c(F)cc1F. The summed E-state index contributed by atoms with van der Waals surface area (Å²) in [6, 6.07) is 6.21. The molecule has 0 aliphatic heterocycles. The summed E-state index contributed by atoms with van der Waals surface area (Å²) in [5.74, 6) is -2.28. The van der Waals surface area contributed by atoms with Crippen molar-refractivity contribution in [3.8, 4) is 0 Å². The molecule has 2 rings (SSSR count). The number of halogens is 4. The second-order valence-electron chi connectivity index (χ2n) is 4.17. The first-order chi connectivity index (χ1) is 8.91. The summed E-state index contributed by atoms with van der Waals surface area (Å²) in [5.41, 5.74) is -0.0407. The normalized spacial score (nSPS) is 12.5. The predicted octanol–water partition coefficient (Wildman–Crippen LogP) is 4.26. The van der Waals surface area contributed by atoms with Gasteiger partial charge < -0.3 is 5.11 Å². The van der Waals surface area contributed by atoms with Crippen molar-refractivity contribution in [2.75, 3.05) is 0 Å². The molecule has 0 aromatic heterocycles. The minimum Gasteiger partial charge on any atom is -0.383 e. The lowest BCUT2D eigenvalue weighted by atomic mass is 9.99. The topological polar surface area (TPSA) is 20.2 Å². The second kappa shape index (κ2) is 5.35. The average Bonchev–Trinajstić information content (AvgIpc) is 2.36. The van der Waals surface area contributed by atoms with Crippen molar-refractivity contribution < 1.29 is 18.3 Å². The third kappa shape index (κ3) is 2.67. The van der Waals surface area contributed by atoms with Gasteiger partial charge in [-0.3, -0.25) is 0 Å². The summed E-state index contributed by atoms with van der Waals surface area (Å²) in [7, 11) is 0. The van der Waals surface area contributed by atoms with E-state index >= 15 is 0 Å². The Bertz CT molecular complexity index is 628. The van der Waals surface area contributed by atoms with Crippen LogP contribution in [0.1, 0.15) is 22.8 Å².